The van der Waals surface area contributed by atoms with E-state index < -0.39 is 25.5 Å². The molecule has 1 N–H and O–H groups in total. The molecule has 7 nitrogen and oxygen atoms in total. The molecule has 0 atom stereocenters. The van der Waals surface area contributed by atoms with Crippen LogP contribution in [0.4, 0.5) is 11.4 Å². The van der Waals surface area contributed by atoms with Crippen LogP contribution in [0, 0.1) is 10.1 Å². The molecule has 23 heavy (non-hydrogen) atoms. The molecule has 0 spiro atoms. The summed E-state index contributed by atoms with van der Waals surface area (Å²) in [6.07, 6.45) is 0. The van der Waals surface area contributed by atoms with Crippen molar-refractivity contribution in [2.75, 3.05) is 11.8 Å². The van der Waals surface area contributed by atoms with E-state index in [9.17, 15) is 18.5 Å². The molecular formula is C13H10Cl2N2O5S. The van der Waals surface area contributed by atoms with Gasteiger partial charge in [0.1, 0.15) is 10.6 Å². The molecule has 0 saturated carbocycles. The molecule has 2 aromatic rings. The predicted molar refractivity (Wildman–Crippen MR) is 86.9 cm³/mol. The average Bonchev–Trinajstić information content (AvgIpc) is 2.50. The van der Waals surface area contributed by atoms with Crippen molar-refractivity contribution >= 4 is 44.6 Å². The van der Waals surface area contributed by atoms with Crippen molar-refractivity contribution in [3.8, 4) is 5.75 Å². The summed E-state index contributed by atoms with van der Waals surface area (Å²) < 4.78 is 32.2. The fourth-order valence-electron chi connectivity index (χ4n) is 1.77. The van der Waals surface area contributed by atoms with E-state index in [1.165, 1.54) is 25.3 Å². The Labute approximate surface area is 142 Å². The Hall–Kier alpha value is -2.03. The Morgan fingerprint density at radius 2 is 1.78 bits per heavy atom. The number of non-ortho nitro benzene ring substituents is 1. The Bertz CT molecular complexity index is 850. The molecule has 0 saturated heterocycles. The summed E-state index contributed by atoms with van der Waals surface area (Å²) in [5.41, 5.74) is -0.416. The molecule has 2 rings (SSSR count). The van der Waals surface area contributed by atoms with Crippen LogP contribution in [0.15, 0.2) is 41.3 Å². The molecule has 2 aromatic carbocycles. The average molecular weight is 377 g/mol. The zero-order valence-corrected chi connectivity index (χ0v) is 13.9. The van der Waals surface area contributed by atoms with Gasteiger partial charge in [0.15, 0.2) is 0 Å². The van der Waals surface area contributed by atoms with Gasteiger partial charge in [0.05, 0.1) is 27.8 Å². The highest BCUT2D eigenvalue weighted by Gasteiger charge is 2.24. The van der Waals surface area contributed by atoms with Crippen LogP contribution >= 0.6 is 23.2 Å². The van der Waals surface area contributed by atoms with Crippen LogP contribution in [-0.4, -0.2) is 20.5 Å². The largest absolute Gasteiger partial charge is 0.495 e. The second kappa shape index (κ2) is 6.61. The maximum Gasteiger partial charge on any atom is 0.271 e. The summed E-state index contributed by atoms with van der Waals surface area (Å²) in [5, 5.41) is 11.0. The lowest BCUT2D eigenvalue weighted by atomic mass is 10.3. The van der Waals surface area contributed by atoms with Crippen molar-refractivity contribution in [1.29, 1.82) is 0 Å². The number of para-hydroxylation sites is 1. The number of nitro groups is 1. The number of benzene rings is 2. The van der Waals surface area contributed by atoms with Crippen molar-refractivity contribution in [3.63, 3.8) is 0 Å². The zero-order chi connectivity index (χ0) is 17.2. The van der Waals surface area contributed by atoms with Gasteiger partial charge in [-0.2, -0.15) is 0 Å². The van der Waals surface area contributed by atoms with Gasteiger partial charge >= 0.3 is 0 Å². The van der Waals surface area contributed by atoms with Gasteiger partial charge in [-0.05, 0) is 18.2 Å². The van der Waals surface area contributed by atoms with Gasteiger partial charge in [-0.1, -0.05) is 29.3 Å². The van der Waals surface area contributed by atoms with E-state index in [2.05, 4.69) is 4.72 Å². The molecule has 0 radical (unpaired) electrons. The Balaban J connectivity index is 2.55. The van der Waals surface area contributed by atoms with Gasteiger partial charge in [0.25, 0.3) is 15.7 Å². The van der Waals surface area contributed by atoms with Crippen LogP contribution in [-0.2, 0) is 10.0 Å². The highest BCUT2D eigenvalue weighted by Crippen LogP contribution is 2.34. The molecule has 0 bridgehead atoms. The van der Waals surface area contributed by atoms with E-state index >= 15 is 0 Å². The first-order chi connectivity index (χ1) is 10.8. The number of nitrogens with one attached hydrogen (secondary N) is 1. The minimum absolute atomic E-state index is 0.0237. The Morgan fingerprint density at radius 3 is 2.30 bits per heavy atom. The fourth-order valence-corrected chi connectivity index (χ4v) is 3.67. The number of rotatable bonds is 5. The number of ether oxygens (including phenoxy) is 1. The molecule has 0 aliphatic rings. The first-order valence-corrected chi connectivity index (χ1v) is 8.29. The molecule has 0 heterocycles. The number of hydrogen-bond acceptors (Lipinski definition) is 5. The van der Waals surface area contributed by atoms with E-state index in [0.29, 0.717) is 0 Å². The summed E-state index contributed by atoms with van der Waals surface area (Å²) >= 11 is 11.9. The lowest BCUT2D eigenvalue weighted by Gasteiger charge is -2.13. The molecule has 0 aliphatic carbocycles. The molecule has 0 unspecified atom stereocenters. The second-order valence-corrected chi connectivity index (χ2v) is 6.76. The molecule has 0 aromatic heterocycles. The standard InChI is InChI=1S/C13H10Cl2N2O5S/c1-22-11-6-5-8(17(18)19)7-12(11)23(20,21)16-13-9(14)3-2-4-10(13)15/h2-7,16H,1H3. The fraction of sp³-hybridized carbons (Fsp3) is 0.0769. The zero-order valence-electron chi connectivity index (χ0n) is 11.6. The lowest BCUT2D eigenvalue weighted by Crippen LogP contribution is -2.15. The number of anilines is 1. The van der Waals surface area contributed by atoms with E-state index in [-0.39, 0.29) is 21.5 Å². The van der Waals surface area contributed by atoms with Crippen molar-refractivity contribution in [3.05, 3.63) is 56.6 Å². The molecule has 122 valence electrons. The number of nitro benzene ring substituents is 1. The highest BCUT2D eigenvalue weighted by molar-refractivity contribution is 7.92. The summed E-state index contributed by atoms with van der Waals surface area (Å²) in [4.78, 5) is 9.75. The first-order valence-electron chi connectivity index (χ1n) is 6.05. The SMILES string of the molecule is COc1ccc([N+](=O)[O-])cc1S(=O)(=O)Nc1c(Cl)cccc1Cl. The van der Waals surface area contributed by atoms with Crippen molar-refractivity contribution < 1.29 is 18.1 Å². The smallest absolute Gasteiger partial charge is 0.271 e. The molecule has 0 aliphatic heterocycles. The molecular weight excluding hydrogens is 367 g/mol. The predicted octanol–water partition coefficient (Wildman–Crippen LogP) is 3.71. The van der Waals surface area contributed by atoms with Gasteiger partial charge < -0.3 is 4.74 Å². The quantitative estimate of drug-likeness (QED) is 0.633. The van der Waals surface area contributed by atoms with E-state index in [1.54, 1.807) is 6.07 Å². The first kappa shape index (κ1) is 17.3. The number of nitrogens with zero attached hydrogens (tertiary/aromatic N) is 1. The third-order valence-corrected chi connectivity index (χ3v) is 4.85. The number of halogens is 2. The summed E-state index contributed by atoms with van der Waals surface area (Å²) in [6.45, 7) is 0. The van der Waals surface area contributed by atoms with E-state index in [4.69, 9.17) is 27.9 Å². The summed E-state index contributed by atoms with van der Waals surface area (Å²) in [5.74, 6) is -0.0497. The molecule has 0 amide bonds. The van der Waals surface area contributed by atoms with Crippen LogP contribution in [0.25, 0.3) is 0 Å². The van der Waals surface area contributed by atoms with Crippen LogP contribution in [0.3, 0.4) is 0 Å². The maximum absolute atomic E-state index is 12.5. The monoisotopic (exact) mass is 376 g/mol. The molecule has 0 fully saturated rings. The summed E-state index contributed by atoms with van der Waals surface area (Å²) in [7, 11) is -2.95. The van der Waals surface area contributed by atoms with E-state index in [1.807, 2.05) is 0 Å². The van der Waals surface area contributed by atoms with Crippen LogP contribution in [0.1, 0.15) is 0 Å². The Kier molecular flexibility index (Phi) is 4.98. The number of sulfonamides is 1. The maximum atomic E-state index is 12.5. The second-order valence-electron chi connectivity index (χ2n) is 4.29. The lowest BCUT2D eigenvalue weighted by molar-refractivity contribution is -0.385. The highest BCUT2D eigenvalue weighted by atomic mass is 35.5. The van der Waals surface area contributed by atoms with Gasteiger partial charge in [-0.25, -0.2) is 8.42 Å². The van der Waals surface area contributed by atoms with Gasteiger partial charge in [-0.15, -0.1) is 0 Å². The van der Waals surface area contributed by atoms with Gasteiger partial charge in [0.2, 0.25) is 0 Å². The van der Waals surface area contributed by atoms with Crippen molar-refractivity contribution in [2.24, 2.45) is 0 Å². The van der Waals surface area contributed by atoms with Gasteiger partial charge in [-0.3, -0.25) is 14.8 Å². The third-order valence-electron chi connectivity index (χ3n) is 2.85. The number of methoxy groups -OCH3 is 1. The topological polar surface area (TPSA) is 98.5 Å². The number of hydrogen-bond donors (Lipinski definition) is 1. The van der Waals surface area contributed by atoms with Crippen molar-refractivity contribution in [1.82, 2.24) is 0 Å². The van der Waals surface area contributed by atoms with Crippen molar-refractivity contribution in [2.45, 2.75) is 4.90 Å². The molecule has 10 heteroatoms. The van der Waals surface area contributed by atoms with Crippen LogP contribution in [0.2, 0.25) is 10.0 Å². The third kappa shape index (κ3) is 3.66. The minimum Gasteiger partial charge on any atom is -0.495 e. The van der Waals surface area contributed by atoms with Crippen LogP contribution in [0.5, 0.6) is 5.75 Å². The van der Waals surface area contributed by atoms with E-state index in [0.717, 1.165) is 12.1 Å². The normalized spacial score (nSPS) is 11.1. The minimum atomic E-state index is -4.21. The Morgan fingerprint density at radius 1 is 1.17 bits per heavy atom. The van der Waals surface area contributed by atoms with Crippen LogP contribution < -0.4 is 9.46 Å². The summed E-state index contributed by atoms with van der Waals surface area (Å²) in [6, 6.07) is 7.69. The van der Waals surface area contributed by atoms with Gasteiger partial charge in [0, 0.05) is 12.1 Å².